The molecule has 0 aliphatic carbocycles. The van der Waals surface area contributed by atoms with E-state index in [4.69, 9.17) is 4.74 Å². The van der Waals surface area contributed by atoms with Crippen molar-refractivity contribution in [1.82, 2.24) is 0 Å². The molecule has 0 N–H and O–H groups in total. The van der Waals surface area contributed by atoms with Crippen molar-refractivity contribution >= 4 is 5.78 Å². The molecule has 0 radical (unpaired) electrons. The molecule has 0 aromatic heterocycles. The number of carbonyl (C=O) groups is 1. The summed E-state index contributed by atoms with van der Waals surface area (Å²) >= 11 is 0. The van der Waals surface area contributed by atoms with Gasteiger partial charge < -0.3 is 4.74 Å². The Bertz CT molecular complexity index is 422. The van der Waals surface area contributed by atoms with Crippen LogP contribution < -0.4 is 0 Å². The third kappa shape index (κ3) is 2.72. The number of hydrogen-bond acceptors (Lipinski definition) is 2. The third-order valence-electron chi connectivity index (χ3n) is 3.12. The van der Waals surface area contributed by atoms with Gasteiger partial charge in [-0.15, -0.1) is 0 Å². The summed E-state index contributed by atoms with van der Waals surface area (Å²) in [6.07, 6.45) is 0.921. The van der Waals surface area contributed by atoms with Gasteiger partial charge in [0, 0.05) is 12.8 Å². The number of carbonyl (C=O) groups excluding carboxylic acids is 1. The first-order chi connectivity index (χ1) is 8.08. The maximum absolute atomic E-state index is 13.5. The second kappa shape index (κ2) is 4.96. The summed E-state index contributed by atoms with van der Waals surface area (Å²) in [4.78, 5) is 11.7. The van der Waals surface area contributed by atoms with Crippen molar-refractivity contribution in [1.29, 1.82) is 0 Å². The lowest BCUT2D eigenvalue weighted by atomic mass is 9.96. The first-order valence-corrected chi connectivity index (χ1v) is 6.00. The van der Waals surface area contributed by atoms with Gasteiger partial charge in [-0.05, 0) is 23.1 Å². The predicted molar refractivity (Wildman–Crippen MR) is 63.6 cm³/mol. The van der Waals surface area contributed by atoms with E-state index in [-0.39, 0.29) is 23.6 Å². The van der Waals surface area contributed by atoms with Crippen LogP contribution in [-0.4, -0.2) is 18.5 Å². The van der Waals surface area contributed by atoms with Crippen molar-refractivity contribution in [2.45, 2.75) is 38.7 Å². The second-order valence-corrected chi connectivity index (χ2v) is 4.80. The Morgan fingerprint density at radius 2 is 2.24 bits per heavy atom. The van der Waals surface area contributed by atoms with Crippen molar-refractivity contribution in [3.63, 3.8) is 0 Å². The van der Waals surface area contributed by atoms with Gasteiger partial charge >= 0.3 is 0 Å². The van der Waals surface area contributed by atoms with Gasteiger partial charge in [0.15, 0.2) is 5.78 Å². The standard InChI is InChI=1S/C14H17FO2/c1-9(2)11-7-10(3-4-12(11)15)8-13(16)14-5-6-17-14/h3-4,7,9,14H,5-6,8H2,1-2H3. The predicted octanol–water partition coefficient (Wildman–Crippen LogP) is 2.85. The number of hydrogen-bond donors (Lipinski definition) is 0. The molecule has 1 aromatic rings. The van der Waals surface area contributed by atoms with E-state index < -0.39 is 0 Å². The molecule has 1 fully saturated rings. The zero-order valence-corrected chi connectivity index (χ0v) is 10.2. The summed E-state index contributed by atoms with van der Waals surface area (Å²) in [5, 5.41) is 0. The number of Topliss-reactive ketones (excluding diaryl/α,β-unsaturated/α-hetero) is 1. The number of halogens is 1. The lowest BCUT2D eigenvalue weighted by Crippen LogP contribution is -2.35. The Balaban J connectivity index is 2.10. The quantitative estimate of drug-likeness (QED) is 0.803. The topological polar surface area (TPSA) is 26.3 Å². The van der Waals surface area contributed by atoms with E-state index in [1.807, 2.05) is 13.8 Å². The van der Waals surface area contributed by atoms with Crippen LogP contribution in [0, 0.1) is 5.82 Å². The number of ketones is 1. The molecule has 0 bridgehead atoms. The minimum Gasteiger partial charge on any atom is -0.370 e. The van der Waals surface area contributed by atoms with E-state index in [0.717, 1.165) is 12.0 Å². The Hall–Kier alpha value is -1.22. The summed E-state index contributed by atoms with van der Waals surface area (Å²) in [5.41, 5.74) is 1.54. The molecule has 1 aliphatic rings. The summed E-state index contributed by atoms with van der Waals surface area (Å²) in [6.45, 7) is 4.56. The first-order valence-electron chi connectivity index (χ1n) is 6.00. The van der Waals surface area contributed by atoms with Gasteiger partial charge in [0.05, 0.1) is 6.61 Å². The Kier molecular flexibility index (Phi) is 3.57. The van der Waals surface area contributed by atoms with Crippen LogP contribution in [0.2, 0.25) is 0 Å². The van der Waals surface area contributed by atoms with Crippen molar-refractivity contribution < 1.29 is 13.9 Å². The molecule has 92 valence electrons. The highest BCUT2D eigenvalue weighted by molar-refractivity contribution is 5.85. The molecule has 0 saturated carbocycles. The van der Waals surface area contributed by atoms with Crippen LogP contribution in [0.25, 0.3) is 0 Å². The third-order valence-corrected chi connectivity index (χ3v) is 3.12. The van der Waals surface area contributed by atoms with Crippen LogP contribution in [-0.2, 0) is 16.0 Å². The normalized spacial score (nSPS) is 19.2. The van der Waals surface area contributed by atoms with Crippen molar-refractivity contribution in [3.8, 4) is 0 Å². The van der Waals surface area contributed by atoms with Gasteiger partial charge in [0.1, 0.15) is 11.9 Å². The lowest BCUT2D eigenvalue weighted by molar-refractivity contribution is -0.141. The Morgan fingerprint density at radius 3 is 2.76 bits per heavy atom. The molecule has 1 aliphatic heterocycles. The van der Waals surface area contributed by atoms with Crippen LogP contribution >= 0.6 is 0 Å². The summed E-state index contributed by atoms with van der Waals surface area (Å²) in [6, 6.07) is 4.91. The van der Waals surface area contributed by atoms with E-state index in [1.54, 1.807) is 12.1 Å². The fraction of sp³-hybridized carbons (Fsp3) is 0.500. The molecule has 0 amide bonds. The van der Waals surface area contributed by atoms with E-state index in [0.29, 0.717) is 18.6 Å². The molecular weight excluding hydrogens is 219 g/mol. The highest BCUT2D eigenvalue weighted by Gasteiger charge is 2.26. The average molecular weight is 236 g/mol. The molecule has 1 atom stereocenters. The molecular formula is C14H17FO2. The van der Waals surface area contributed by atoms with Crippen molar-refractivity contribution in [2.75, 3.05) is 6.61 Å². The van der Waals surface area contributed by atoms with Gasteiger partial charge in [-0.3, -0.25) is 4.79 Å². The molecule has 0 spiro atoms. The van der Waals surface area contributed by atoms with E-state index in [2.05, 4.69) is 0 Å². The second-order valence-electron chi connectivity index (χ2n) is 4.80. The van der Waals surface area contributed by atoms with E-state index in [9.17, 15) is 9.18 Å². The monoisotopic (exact) mass is 236 g/mol. The zero-order chi connectivity index (χ0) is 12.4. The van der Waals surface area contributed by atoms with Crippen LogP contribution in [0.3, 0.4) is 0 Å². The molecule has 17 heavy (non-hydrogen) atoms. The lowest BCUT2D eigenvalue weighted by Gasteiger charge is -2.25. The van der Waals surface area contributed by atoms with Gasteiger partial charge in [0.2, 0.25) is 0 Å². The molecule has 1 aromatic carbocycles. The van der Waals surface area contributed by atoms with Crippen molar-refractivity contribution in [2.24, 2.45) is 0 Å². The average Bonchev–Trinajstić information content (AvgIpc) is 2.17. The van der Waals surface area contributed by atoms with Crippen LogP contribution in [0.5, 0.6) is 0 Å². The molecule has 2 rings (SSSR count). The van der Waals surface area contributed by atoms with Gasteiger partial charge in [-0.1, -0.05) is 26.0 Å². The summed E-state index contributed by atoms with van der Waals surface area (Å²) in [7, 11) is 0. The maximum Gasteiger partial charge on any atom is 0.165 e. The molecule has 1 saturated heterocycles. The zero-order valence-electron chi connectivity index (χ0n) is 10.2. The van der Waals surface area contributed by atoms with E-state index in [1.165, 1.54) is 6.07 Å². The highest BCUT2D eigenvalue weighted by Crippen LogP contribution is 2.21. The van der Waals surface area contributed by atoms with Crippen LogP contribution in [0.15, 0.2) is 18.2 Å². The number of rotatable bonds is 4. The number of benzene rings is 1. The maximum atomic E-state index is 13.5. The fourth-order valence-corrected chi connectivity index (χ4v) is 1.95. The smallest absolute Gasteiger partial charge is 0.165 e. The van der Waals surface area contributed by atoms with E-state index >= 15 is 0 Å². The minimum atomic E-state index is -0.234. The van der Waals surface area contributed by atoms with Gasteiger partial charge in [0.25, 0.3) is 0 Å². The van der Waals surface area contributed by atoms with Crippen LogP contribution in [0.1, 0.15) is 37.3 Å². The largest absolute Gasteiger partial charge is 0.370 e. The molecule has 1 unspecified atom stereocenters. The highest BCUT2D eigenvalue weighted by atomic mass is 19.1. The fourth-order valence-electron chi connectivity index (χ4n) is 1.95. The number of ether oxygens (including phenoxy) is 1. The van der Waals surface area contributed by atoms with Gasteiger partial charge in [-0.2, -0.15) is 0 Å². The van der Waals surface area contributed by atoms with Crippen LogP contribution in [0.4, 0.5) is 4.39 Å². The van der Waals surface area contributed by atoms with Crippen molar-refractivity contribution in [3.05, 3.63) is 35.1 Å². The molecule has 2 nitrogen and oxygen atoms in total. The SMILES string of the molecule is CC(C)c1cc(CC(=O)C2CCO2)ccc1F. The summed E-state index contributed by atoms with van der Waals surface area (Å²) < 4.78 is 18.6. The summed E-state index contributed by atoms with van der Waals surface area (Å²) in [5.74, 6) is 0.0265. The Morgan fingerprint density at radius 1 is 1.53 bits per heavy atom. The Labute approximate surface area is 101 Å². The van der Waals surface area contributed by atoms with Gasteiger partial charge in [-0.25, -0.2) is 4.39 Å². The minimum absolute atomic E-state index is 0.0950. The molecule has 3 heteroatoms. The first kappa shape index (κ1) is 12.2. The molecule has 1 heterocycles.